The van der Waals surface area contributed by atoms with E-state index in [1.54, 1.807) is 29.6 Å². The van der Waals surface area contributed by atoms with Crippen LogP contribution in [0.2, 0.25) is 5.02 Å². The number of amides is 1. The quantitative estimate of drug-likeness (QED) is 0.260. The van der Waals surface area contributed by atoms with E-state index < -0.39 is 24.1 Å². The highest BCUT2D eigenvalue weighted by atomic mass is 35.5. The molecule has 166 valence electrons. The van der Waals surface area contributed by atoms with Crippen LogP contribution in [0, 0.1) is 10.1 Å². The number of non-ortho nitro benzene ring substituents is 1. The Balaban J connectivity index is 1.65. The number of nitro groups is 1. The van der Waals surface area contributed by atoms with Gasteiger partial charge in [0.25, 0.3) is 5.69 Å². The molecule has 32 heavy (non-hydrogen) atoms. The number of nitro benzene ring substituents is 1. The molecule has 0 aliphatic carbocycles. The minimum absolute atomic E-state index is 0.0635. The van der Waals surface area contributed by atoms with E-state index in [4.69, 9.17) is 20.6 Å². The van der Waals surface area contributed by atoms with Crippen LogP contribution in [-0.2, 0) is 18.4 Å². The van der Waals surface area contributed by atoms with Crippen molar-refractivity contribution in [2.45, 2.75) is 12.1 Å². The summed E-state index contributed by atoms with van der Waals surface area (Å²) in [5.74, 6) is -0.573. The van der Waals surface area contributed by atoms with Crippen molar-refractivity contribution in [3.05, 3.63) is 80.3 Å². The number of nitrogens with zero attached hydrogens (tertiary/aromatic N) is 1. The zero-order valence-corrected chi connectivity index (χ0v) is 19.1. The lowest BCUT2D eigenvalue weighted by atomic mass is 10.1. The van der Waals surface area contributed by atoms with Gasteiger partial charge in [-0.2, -0.15) is 0 Å². The van der Waals surface area contributed by atoms with Crippen LogP contribution in [0.25, 0.3) is 16.2 Å². The Morgan fingerprint density at radius 2 is 2.03 bits per heavy atom. The van der Waals surface area contributed by atoms with Crippen LogP contribution in [-0.4, -0.2) is 24.0 Å². The lowest BCUT2D eigenvalue weighted by molar-refractivity contribution is -0.384. The van der Waals surface area contributed by atoms with Crippen LogP contribution >= 0.6 is 30.5 Å². The van der Waals surface area contributed by atoms with Gasteiger partial charge in [-0.25, -0.2) is 0 Å². The fraction of sp³-hybridized carbons (Fsp3) is 0.190. The van der Waals surface area contributed by atoms with Gasteiger partial charge < -0.3 is 14.4 Å². The molecule has 2 heterocycles. The van der Waals surface area contributed by atoms with Crippen molar-refractivity contribution in [1.82, 2.24) is 5.32 Å². The van der Waals surface area contributed by atoms with E-state index in [2.05, 4.69) is 5.32 Å². The van der Waals surface area contributed by atoms with Crippen LogP contribution in [0.15, 0.2) is 54.0 Å². The van der Waals surface area contributed by atoms with E-state index >= 15 is 0 Å². The topological polar surface area (TPSA) is 108 Å². The first-order valence-corrected chi connectivity index (χ1v) is 12.5. The van der Waals surface area contributed by atoms with Crippen LogP contribution in [0.5, 0.6) is 0 Å². The summed E-state index contributed by atoms with van der Waals surface area (Å²) >= 11 is 7.56. The van der Waals surface area contributed by atoms with Crippen LogP contribution in [0.4, 0.5) is 5.69 Å². The van der Waals surface area contributed by atoms with E-state index in [1.165, 1.54) is 35.7 Å². The molecule has 1 aromatic heterocycles. The maximum atomic E-state index is 13.5. The van der Waals surface area contributed by atoms with Crippen molar-refractivity contribution in [2.75, 3.05) is 13.2 Å². The summed E-state index contributed by atoms with van der Waals surface area (Å²) in [6.07, 6.45) is 3.45. The Morgan fingerprint density at radius 1 is 1.25 bits per heavy atom. The number of hydrogen-bond acceptors (Lipinski definition) is 7. The Bertz CT molecular complexity index is 1250. The second-order valence-electron chi connectivity index (χ2n) is 6.99. The SMILES string of the molecule is O=C(NC=Cc1cccc([N+](=O)[O-])c1)C(c1csc2ccc(Cl)cc12)P1(=O)OCCCO1. The molecule has 2 aromatic carbocycles. The summed E-state index contributed by atoms with van der Waals surface area (Å²) in [7, 11) is -3.79. The average Bonchev–Trinajstić information content (AvgIpc) is 3.17. The number of nitrogens with one attached hydrogen (secondary N) is 1. The number of carbonyl (C=O) groups excluding carboxylic acids is 1. The highest BCUT2D eigenvalue weighted by Crippen LogP contribution is 2.63. The first kappa shape index (κ1) is 22.6. The predicted octanol–water partition coefficient (Wildman–Crippen LogP) is 5.92. The molecule has 0 spiro atoms. The number of carbonyl (C=O) groups is 1. The standard InChI is InChI=1S/C21H18ClN2O6PS/c22-15-5-6-19-17(12-15)18(13-32-19)20(31(28)29-9-2-10-30-31)21(25)23-8-7-14-3-1-4-16(11-14)24(26)27/h1,3-8,11-13,20H,2,9-10H2,(H,23,25). The van der Waals surface area contributed by atoms with Gasteiger partial charge in [-0.1, -0.05) is 23.7 Å². The van der Waals surface area contributed by atoms with E-state index in [9.17, 15) is 19.5 Å². The Hall–Kier alpha value is -2.55. The second kappa shape index (κ2) is 9.52. The first-order chi connectivity index (χ1) is 15.4. The molecular formula is C21H18ClN2O6PS. The molecule has 1 N–H and O–H groups in total. The fourth-order valence-corrected chi connectivity index (χ4v) is 6.65. The third-order valence-corrected chi connectivity index (χ3v) is 8.29. The third-order valence-electron chi connectivity index (χ3n) is 4.84. The van der Waals surface area contributed by atoms with Crippen molar-refractivity contribution in [3.8, 4) is 0 Å². The molecule has 1 saturated heterocycles. The van der Waals surface area contributed by atoms with E-state index in [0.29, 0.717) is 28.0 Å². The molecule has 3 aromatic rings. The molecule has 11 heteroatoms. The molecule has 1 atom stereocenters. The molecule has 0 radical (unpaired) electrons. The highest BCUT2D eigenvalue weighted by molar-refractivity contribution is 7.55. The number of hydrogen-bond donors (Lipinski definition) is 1. The number of thiophene rings is 1. The summed E-state index contributed by atoms with van der Waals surface area (Å²) in [6.45, 7) is 0.459. The van der Waals surface area contributed by atoms with Gasteiger partial charge in [0.15, 0.2) is 5.66 Å². The monoisotopic (exact) mass is 492 g/mol. The zero-order chi connectivity index (χ0) is 22.7. The number of fused-ring (bicyclic) bond motifs is 1. The molecule has 1 unspecified atom stereocenters. The predicted molar refractivity (Wildman–Crippen MR) is 124 cm³/mol. The van der Waals surface area contributed by atoms with Gasteiger partial charge in [0, 0.05) is 28.1 Å². The minimum atomic E-state index is -3.79. The third kappa shape index (κ3) is 4.77. The molecule has 4 rings (SSSR count). The molecule has 1 aliphatic heterocycles. The molecule has 0 bridgehead atoms. The number of rotatable bonds is 6. The van der Waals surface area contributed by atoms with Crippen molar-refractivity contribution in [1.29, 1.82) is 0 Å². The van der Waals surface area contributed by atoms with Crippen LogP contribution in [0.1, 0.15) is 23.2 Å². The van der Waals surface area contributed by atoms with Crippen LogP contribution < -0.4 is 5.32 Å². The van der Waals surface area contributed by atoms with Crippen molar-refractivity contribution < 1.29 is 23.3 Å². The number of halogens is 1. The number of benzene rings is 2. The lowest BCUT2D eigenvalue weighted by Gasteiger charge is -2.29. The van der Waals surface area contributed by atoms with Crippen molar-refractivity contribution in [2.24, 2.45) is 0 Å². The maximum absolute atomic E-state index is 13.5. The van der Waals surface area contributed by atoms with Crippen molar-refractivity contribution in [3.63, 3.8) is 0 Å². The van der Waals surface area contributed by atoms with Gasteiger partial charge in [-0.3, -0.25) is 19.5 Å². The summed E-state index contributed by atoms with van der Waals surface area (Å²) in [5, 5.41) is 16.5. The largest absolute Gasteiger partial charge is 0.347 e. The van der Waals surface area contributed by atoms with E-state index in [1.807, 2.05) is 6.07 Å². The summed E-state index contributed by atoms with van der Waals surface area (Å²) in [6, 6.07) is 11.3. The normalized spacial score (nSPS) is 16.8. The maximum Gasteiger partial charge on any atom is 0.347 e. The van der Waals surface area contributed by atoms with E-state index in [0.717, 1.165) is 4.70 Å². The van der Waals surface area contributed by atoms with Gasteiger partial charge in [0.1, 0.15) is 0 Å². The fourth-order valence-electron chi connectivity index (χ4n) is 3.36. The highest BCUT2D eigenvalue weighted by Gasteiger charge is 2.45. The van der Waals surface area contributed by atoms with Gasteiger partial charge in [-0.05, 0) is 52.6 Å². The summed E-state index contributed by atoms with van der Waals surface area (Å²) in [4.78, 5) is 23.7. The summed E-state index contributed by atoms with van der Waals surface area (Å²) in [5.41, 5.74) is -0.212. The minimum Gasteiger partial charge on any atom is -0.332 e. The molecule has 1 fully saturated rings. The zero-order valence-electron chi connectivity index (χ0n) is 16.6. The van der Waals surface area contributed by atoms with E-state index in [-0.39, 0.29) is 18.9 Å². The van der Waals surface area contributed by atoms with Gasteiger partial charge >= 0.3 is 7.60 Å². The molecule has 8 nitrogen and oxygen atoms in total. The van der Waals surface area contributed by atoms with Gasteiger partial charge in [0.05, 0.1) is 18.1 Å². The molecule has 1 aliphatic rings. The molecular weight excluding hydrogens is 475 g/mol. The van der Waals surface area contributed by atoms with Gasteiger partial charge in [0.2, 0.25) is 5.91 Å². The van der Waals surface area contributed by atoms with Gasteiger partial charge in [-0.15, -0.1) is 11.3 Å². The average molecular weight is 493 g/mol. The Kier molecular flexibility index (Phi) is 6.74. The first-order valence-electron chi connectivity index (χ1n) is 9.64. The second-order valence-corrected chi connectivity index (χ2v) is 10.4. The van der Waals surface area contributed by atoms with Crippen molar-refractivity contribution >= 4 is 58.3 Å². The molecule has 0 saturated carbocycles. The Morgan fingerprint density at radius 3 is 2.78 bits per heavy atom. The van der Waals surface area contributed by atoms with Crippen LogP contribution in [0.3, 0.4) is 0 Å². The Labute approximate surface area is 192 Å². The lowest BCUT2D eigenvalue weighted by Crippen LogP contribution is -2.28. The smallest absolute Gasteiger partial charge is 0.332 e. The molecule has 1 amide bonds. The summed E-state index contributed by atoms with van der Waals surface area (Å²) < 4.78 is 25.4.